The molecule has 0 radical (unpaired) electrons. The zero-order chi connectivity index (χ0) is 22.1. The lowest BCUT2D eigenvalue weighted by atomic mass is 10.1. The number of amides is 1. The maximum Gasteiger partial charge on any atom is 0.277 e. The van der Waals surface area contributed by atoms with E-state index in [0.717, 1.165) is 5.56 Å². The Labute approximate surface area is 182 Å². The van der Waals surface area contributed by atoms with Crippen LogP contribution >= 0.6 is 0 Å². The minimum absolute atomic E-state index is 0.0680. The van der Waals surface area contributed by atoms with Crippen molar-refractivity contribution in [3.8, 4) is 0 Å². The highest BCUT2D eigenvalue weighted by Gasteiger charge is 2.15. The lowest BCUT2D eigenvalue weighted by Crippen LogP contribution is -2.25. The fraction of sp³-hybridized carbons (Fsp3) is 0.0800. The van der Waals surface area contributed by atoms with Crippen molar-refractivity contribution in [2.45, 2.75) is 13.1 Å². The number of aromatic nitrogens is 3. The molecule has 0 aliphatic heterocycles. The van der Waals surface area contributed by atoms with Gasteiger partial charge in [-0.1, -0.05) is 48.5 Å². The number of halogens is 1. The fourth-order valence-corrected chi connectivity index (χ4v) is 3.81. The average molecular weight is 426 g/mol. The molecule has 0 fully saturated rings. The molecule has 1 N–H and O–H groups in total. The van der Waals surface area contributed by atoms with Crippen LogP contribution in [-0.2, 0) is 13.1 Å². The lowest BCUT2D eigenvalue weighted by Gasteiger charge is -2.14. The average Bonchev–Trinajstić information content (AvgIpc) is 3.32. The highest BCUT2D eigenvalue weighted by molar-refractivity contribution is 5.97. The molecule has 0 saturated carbocycles. The van der Waals surface area contributed by atoms with Crippen LogP contribution in [0.2, 0.25) is 0 Å². The van der Waals surface area contributed by atoms with Crippen LogP contribution in [0.1, 0.15) is 21.5 Å². The Bertz CT molecular complexity index is 1510. The molecular weight excluding hydrogens is 407 g/mol. The maximum absolute atomic E-state index is 13.9. The number of hydrogen-bond donors (Lipinski definition) is 1. The SMILES string of the molecule is O=C(NCc1ccccc1F)c1ccc2c(c1)n(Cc1ccccc1)c(=O)c1ccnn12. The van der Waals surface area contributed by atoms with Crippen molar-refractivity contribution in [1.29, 1.82) is 0 Å². The van der Waals surface area contributed by atoms with Gasteiger partial charge < -0.3 is 9.88 Å². The fourth-order valence-electron chi connectivity index (χ4n) is 3.81. The number of hydrogen-bond acceptors (Lipinski definition) is 3. The summed E-state index contributed by atoms with van der Waals surface area (Å²) in [6, 6.07) is 22.8. The van der Waals surface area contributed by atoms with Crippen molar-refractivity contribution < 1.29 is 9.18 Å². The van der Waals surface area contributed by atoms with Crippen molar-refractivity contribution in [3.63, 3.8) is 0 Å². The summed E-state index contributed by atoms with van der Waals surface area (Å²) in [5, 5.41) is 7.03. The normalized spacial score (nSPS) is 11.2. The molecule has 2 aromatic heterocycles. The molecule has 7 heteroatoms. The van der Waals surface area contributed by atoms with Crippen LogP contribution in [0.5, 0.6) is 0 Å². The van der Waals surface area contributed by atoms with E-state index in [4.69, 9.17) is 0 Å². The number of nitrogens with zero attached hydrogens (tertiary/aromatic N) is 3. The van der Waals surface area contributed by atoms with E-state index < -0.39 is 0 Å². The van der Waals surface area contributed by atoms with E-state index in [1.165, 1.54) is 6.07 Å². The zero-order valence-corrected chi connectivity index (χ0v) is 17.0. The molecule has 0 spiro atoms. The van der Waals surface area contributed by atoms with Crippen LogP contribution < -0.4 is 10.9 Å². The molecule has 3 aromatic carbocycles. The zero-order valence-electron chi connectivity index (χ0n) is 17.0. The number of carbonyl (C=O) groups is 1. The number of carbonyl (C=O) groups excluding carboxylic acids is 1. The third kappa shape index (κ3) is 3.54. The van der Waals surface area contributed by atoms with Crippen molar-refractivity contribution in [2.75, 3.05) is 0 Å². The van der Waals surface area contributed by atoms with Gasteiger partial charge in [-0.3, -0.25) is 9.59 Å². The summed E-state index contributed by atoms with van der Waals surface area (Å²) in [5.41, 5.74) is 3.32. The molecule has 6 nitrogen and oxygen atoms in total. The van der Waals surface area contributed by atoms with E-state index in [-0.39, 0.29) is 23.8 Å². The van der Waals surface area contributed by atoms with Gasteiger partial charge in [-0.05, 0) is 35.9 Å². The largest absolute Gasteiger partial charge is 0.348 e. The Morgan fingerprint density at radius 1 is 0.906 bits per heavy atom. The van der Waals surface area contributed by atoms with Crippen LogP contribution in [0.15, 0.2) is 89.9 Å². The molecule has 0 bridgehead atoms. The summed E-state index contributed by atoms with van der Waals surface area (Å²) < 4.78 is 17.1. The van der Waals surface area contributed by atoms with Gasteiger partial charge in [-0.15, -0.1) is 0 Å². The maximum atomic E-state index is 13.9. The second-order valence-electron chi connectivity index (χ2n) is 7.48. The molecule has 0 aliphatic carbocycles. The summed E-state index contributed by atoms with van der Waals surface area (Å²) in [6.45, 7) is 0.427. The van der Waals surface area contributed by atoms with Gasteiger partial charge in [-0.25, -0.2) is 8.91 Å². The van der Waals surface area contributed by atoms with Gasteiger partial charge in [0.25, 0.3) is 11.5 Å². The van der Waals surface area contributed by atoms with Gasteiger partial charge in [0.1, 0.15) is 11.3 Å². The topological polar surface area (TPSA) is 68.4 Å². The molecule has 32 heavy (non-hydrogen) atoms. The Kier molecular flexibility index (Phi) is 4.99. The summed E-state index contributed by atoms with van der Waals surface area (Å²) >= 11 is 0. The van der Waals surface area contributed by atoms with Gasteiger partial charge in [0.2, 0.25) is 0 Å². The molecular formula is C25H19FN4O2. The Morgan fingerprint density at radius 3 is 2.50 bits per heavy atom. The number of benzene rings is 3. The standard InChI is InChI=1S/C25H19FN4O2/c26-20-9-5-4-8-19(20)15-27-24(31)18-10-11-21-23(14-18)29(16-17-6-2-1-3-7-17)25(32)22-12-13-28-30(21)22/h1-14H,15-16H2,(H,27,31). The monoisotopic (exact) mass is 426 g/mol. The van der Waals surface area contributed by atoms with Crippen LogP contribution in [0.4, 0.5) is 4.39 Å². The molecule has 0 unspecified atom stereocenters. The van der Waals surface area contributed by atoms with Crippen LogP contribution in [0, 0.1) is 5.82 Å². The third-order valence-corrected chi connectivity index (χ3v) is 5.44. The van der Waals surface area contributed by atoms with E-state index in [0.29, 0.717) is 34.2 Å². The van der Waals surface area contributed by atoms with E-state index in [2.05, 4.69) is 10.4 Å². The quantitative estimate of drug-likeness (QED) is 0.465. The molecule has 5 aromatic rings. The van der Waals surface area contributed by atoms with Crippen LogP contribution in [0.3, 0.4) is 0 Å². The first-order chi connectivity index (χ1) is 15.6. The minimum atomic E-state index is -0.371. The summed E-state index contributed by atoms with van der Waals surface area (Å²) in [4.78, 5) is 26.0. The van der Waals surface area contributed by atoms with E-state index >= 15 is 0 Å². The van der Waals surface area contributed by atoms with Gasteiger partial charge in [0.05, 0.1) is 23.8 Å². The highest BCUT2D eigenvalue weighted by atomic mass is 19.1. The predicted molar refractivity (Wildman–Crippen MR) is 120 cm³/mol. The molecule has 0 saturated heterocycles. The number of rotatable bonds is 5. The first-order valence-electron chi connectivity index (χ1n) is 10.2. The molecule has 2 heterocycles. The van der Waals surface area contributed by atoms with E-state index in [9.17, 15) is 14.0 Å². The molecule has 0 atom stereocenters. The van der Waals surface area contributed by atoms with Crippen LogP contribution in [-0.4, -0.2) is 20.1 Å². The van der Waals surface area contributed by atoms with E-state index in [1.807, 2.05) is 30.3 Å². The second kappa shape index (κ2) is 8.11. The Balaban J connectivity index is 1.56. The third-order valence-electron chi connectivity index (χ3n) is 5.44. The molecule has 0 aliphatic rings. The number of nitrogens with one attached hydrogen (secondary N) is 1. The summed E-state index contributed by atoms with van der Waals surface area (Å²) in [7, 11) is 0. The van der Waals surface area contributed by atoms with Crippen molar-refractivity contribution in [3.05, 3.63) is 118 Å². The van der Waals surface area contributed by atoms with Gasteiger partial charge >= 0.3 is 0 Å². The van der Waals surface area contributed by atoms with Gasteiger partial charge in [-0.2, -0.15) is 5.10 Å². The number of fused-ring (bicyclic) bond motifs is 3. The lowest BCUT2D eigenvalue weighted by molar-refractivity contribution is 0.0950. The first kappa shape index (κ1) is 19.7. The predicted octanol–water partition coefficient (Wildman–Crippen LogP) is 3.77. The van der Waals surface area contributed by atoms with Crippen molar-refractivity contribution in [1.82, 2.24) is 19.5 Å². The molecule has 5 rings (SSSR count). The van der Waals surface area contributed by atoms with Crippen molar-refractivity contribution >= 4 is 22.5 Å². The molecule has 158 valence electrons. The van der Waals surface area contributed by atoms with Crippen molar-refractivity contribution in [2.24, 2.45) is 0 Å². The second-order valence-corrected chi connectivity index (χ2v) is 7.48. The smallest absolute Gasteiger partial charge is 0.277 e. The minimum Gasteiger partial charge on any atom is -0.348 e. The first-order valence-corrected chi connectivity index (χ1v) is 10.2. The Hall–Kier alpha value is -4.26. The highest BCUT2D eigenvalue weighted by Crippen LogP contribution is 2.18. The Morgan fingerprint density at radius 2 is 1.69 bits per heavy atom. The summed E-state index contributed by atoms with van der Waals surface area (Å²) in [5.74, 6) is -0.724. The van der Waals surface area contributed by atoms with E-state index in [1.54, 1.807) is 57.7 Å². The molecule has 1 amide bonds. The van der Waals surface area contributed by atoms with Gasteiger partial charge in [0.15, 0.2) is 0 Å². The van der Waals surface area contributed by atoms with Crippen LogP contribution in [0.25, 0.3) is 16.6 Å². The van der Waals surface area contributed by atoms with Gasteiger partial charge in [0, 0.05) is 17.7 Å². The summed E-state index contributed by atoms with van der Waals surface area (Å²) in [6.07, 6.45) is 1.58.